The molecule has 0 saturated carbocycles. The molecule has 2 aliphatic heterocycles. The van der Waals surface area contributed by atoms with Crippen LogP contribution in [0.5, 0.6) is 5.75 Å². The minimum absolute atomic E-state index is 0.227. The van der Waals surface area contributed by atoms with Crippen molar-refractivity contribution in [3.63, 3.8) is 0 Å². The van der Waals surface area contributed by atoms with Crippen molar-refractivity contribution in [1.82, 2.24) is 10.2 Å². The van der Waals surface area contributed by atoms with Crippen molar-refractivity contribution in [3.05, 3.63) is 30.3 Å². The Bertz CT molecular complexity index is 463. The Morgan fingerprint density at radius 2 is 2.15 bits per heavy atom. The molecule has 1 aromatic carbocycles. The van der Waals surface area contributed by atoms with E-state index in [9.17, 15) is 4.79 Å². The van der Waals surface area contributed by atoms with E-state index < -0.39 is 0 Å². The number of amides is 1. The van der Waals surface area contributed by atoms with E-state index in [4.69, 9.17) is 4.74 Å². The van der Waals surface area contributed by atoms with Crippen LogP contribution < -0.4 is 10.1 Å². The van der Waals surface area contributed by atoms with Crippen molar-refractivity contribution in [2.45, 2.75) is 31.8 Å². The highest BCUT2D eigenvalue weighted by molar-refractivity contribution is 5.77. The Morgan fingerprint density at radius 3 is 2.95 bits per heavy atom. The van der Waals surface area contributed by atoms with E-state index in [2.05, 4.69) is 17.1 Å². The first kappa shape index (κ1) is 13.4. The summed E-state index contributed by atoms with van der Waals surface area (Å²) in [4.78, 5) is 14.5. The smallest absolute Gasteiger partial charge is 0.226 e. The second-order valence-electron chi connectivity index (χ2n) is 5.78. The molecule has 3 rings (SSSR count). The van der Waals surface area contributed by atoms with Gasteiger partial charge in [0.05, 0.1) is 13.0 Å². The van der Waals surface area contributed by atoms with Crippen molar-refractivity contribution in [2.24, 2.45) is 5.92 Å². The second-order valence-corrected chi connectivity index (χ2v) is 5.78. The standard InChI is InChI=1S/C16H22N2O2/c1-12-9-13-10-17-11-15(13)18(12)16(19)7-8-20-14-5-3-2-4-6-14/h2-6,12-13,15,17H,7-11H2,1H3. The number of fused-ring (bicyclic) bond motifs is 1. The number of likely N-dealkylation sites (tertiary alicyclic amines) is 1. The van der Waals surface area contributed by atoms with Crippen LogP contribution in [-0.4, -0.2) is 42.6 Å². The van der Waals surface area contributed by atoms with Crippen molar-refractivity contribution >= 4 is 5.91 Å². The number of nitrogens with one attached hydrogen (secondary N) is 1. The van der Waals surface area contributed by atoms with Crippen molar-refractivity contribution in [2.75, 3.05) is 19.7 Å². The highest BCUT2D eigenvalue weighted by Crippen LogP contribution is 2.32. The van der Waals surface area contributed by atoms with Gasteiger partial charge in [-0.25, -0.2) is 0 Å². The molecule has 0 radical (unpaired) electrons. The maximum atomic E-state index is 12.4. The first-order valence-electron chi connectivity index (χ1n) is 7.45. The molecule has 0 spiro atoms. The molecule has 2 heterocycles. The average molecular weight is 274 g/mol. The van der Waals surface area contributed by atoms with Gasteiger partial charge < -0.3 is 15.0 Å². The molecule has 2 aliphatic rings. The summed E-state index contributed by atoms with van der Waals surface area (Å²) in [5.74, 6) is 1.70. The van der Waals surface area contributed by atoms with Gasteiger partial charge in [0.25, 0.3) is 0 Å². The second kappa shape index (κ2) is 5.83. The summed E-state index contributed by atoms with van der Waals surface area (Å²) < 4.78 is 5.62. The molecular weight excluding hydrogens is 252 g/mol. The van der Waals surface area contributed by atoms with Crippen LogP contribution in [0.2, 0.25) is 0 Å². The summed E-state index contributed by atoms with van der Waals surface area (Å²) in [6, 6.07) is 10.4. The lowest BCUT2D eigenvalue weighted by molar-refractivity contribution is -0.134. The third-order valence-electron chi connectivity index (χ3n) is 4.40. The monoisotopic (exact) mass is 274 g/mol. The number of ether oxygens (including phenoxy) is 1. The minimum atomic E-state index is 0.227. The van der Waals surface area contributed by atoms with Crippen LogP contribution in [0.1, 0.15) is 19.8 Å². The molecular formula is C16H22N2O2. The van der Waals surface area contributed by atoms with Gasteiger partial charge >= 0.3 is 0 Å². The number of carbonyl (C=O) groups excluding carboxylic acids is 1. The molecule has 0 aromatic heterocycles. The van der Waals surface area contributed by atoms with Crippen LogP contribution in [-0.2, 0) is 4.79 Å². The number of carbonyl (C=O) groups is 1. The van der Waals surface area contributed by atoms with E-state index in [1.807, 2.05) is 30.3 Å². The summed E-state index contributed by atoms with van der Waals surface area (Å²) in [7, 11) is 0. The van der Waals surface area contributed by atoms with Gasteiger partial charge in [-0.2, -0.15) is 0 Å². The maximum Gasteiger partial charge on any atom is 0.226 e. The largest absolute Gasteiger partial charge is 0.493 e. The topological polar surface area (TPSA) is 41.6 Å². The summed E-state index contributed by atoms with van der Waals surface area (Å²) in [6.45, 7) is 4.62. The normalized spacial score (nSPS) is 28.4. The lowest BCUT2D eigenvalue weighted by Crippen LogP contribution is -2.43. The Balaban J connectivity index is 1.51. The predicted octanol–water partition coefficient (Wildman–Crippen LogP) is 1.66. The van der Waals surface area contributed by atoms with Gasteiger partial charge in [-0.05, 0) is 31.4 Å². The number of hydrogen-bond acceptors (Lipinski definition) is 3. The van der Waals surface area contributed by atoms with E-state index in [1.54, 1.807) is 0 Å². The highest BCUT2D eigenvalue weighted by atomic mass is 16.5. The van der Waals surface area contributed by atoms with Crippen molar-refractivity contribution in [3.8, 4) is 5.75 Å². The maximum absolute atomic E-state index is 12.4. The predicted molar refractivity (Wildman–Crippen MR) is 77.6 cm³/mol. The number of para-hydroxylation sites is 1. The van der Waals surface area contributed by atoms with Crippen molar-refractivity contribution in [1.29, 1.82) is 0 Å². The zero-order chi connectivity index (χ0) is 13.9. The Labute approximate surface area is 120 Å². The number of benzene rings is 1. The molecule has 3 atom stereocenters. The fraction of sp³-hybridized carbons (Fsp3) is 0.562. The summed E-state index contributed by atoms with van der Waals surface area (Å²) in [5, 5.41) is 3.39. The van der Waals surface area contributed by atoms with Gasteiger partial charge in [0.1, 0.15) is 5.75 Å². The third kappa shape index (κ3) is 2.66. The molecule has 0 aliphatic carbocycles. The Morgan fingerprint density at radius 1 is 1.35 bits per heavy atom. The van der Waals surface area contributed by atoms with Crippen molar-refractivity contribution < 1.29 is 9.53 Å². The van der Waals surface area contributed by atoms with Crippen LogP contribution in [0.3, 0.4) is 0 Å². The minimum Gasteiger partial charge on any atom is -0.493 e. The number of nitrogens with zero attached hydrogens (tertiary/aromatic N) is 1. The molecule has 2 saturated heterocycles. The third-order valence-corrected chi connectivity index (χ3v) is 4.40. The van der Waals surface area contributed by atoms with E-state index in [0.717, 1.165) is 25.3 Å². The molecule has 20 heavy (non-hydrogen) atoms. The molecule has 1 N–H and O–H groups in total. The molecule has 1 aromatic rings. The van der Waals surface area contributed by atoms with Crippen LogP contribution in [0.15, 0.2) is 30.3 Å². The molecule has 2 fully saturated rings. The first-order chi connectivity index (χ1) is 9.75. The highest BCUT2D eigenvalue weighted by Gasteiger charge is 2.43. The molecule has 3 unspecified atom stereocenters. The Hall–Kier alpha value is -1.55. The summed E-state index contributed by atoms with van der Waals surface area (Å²) in [6.07, 6.45) is 1.59. The zero-order valence-electron chi connectivity index (χ0n) is 11.9. The van der Waals surface area contributed by atoms with E-state index >= 15 is 0 Å². The van der Waals surface area contributed by atoms with Gasteiger partial charge in [0.2, 0.25) is 5.91 Å². The zero-order valence-corrected chi connectivity index (χ0v) is 11.9. The summed E-state index contributed by atoms with van der Waals surface area (Å²) in [5.41, 5.74) is 0. The molecule has 1 amide bonds. The number of hydrogen-bond donors (Lipinski definition) is 1. The van der Waals surface area contributed by atoms with Crippen LogP contribution in [0, 0.1) is 5.92 Å². The van der Waals surface area contributed by atoms with Gasteiger partial charge in [0, 0.05) is 25.2 Å². The van der Waals surface area contributed by atoms with Crippen LogP contribution in [0.25, 0.3) is 0 Å². The molecule has 4 nitrogen and oxygen atoms in total. The van der Waals surface area contributed by atoms with Gasteiger partial charge in [-0.1, -0.05) is 18.2 Å². The van der Waals surface area contributed by atoms with Crippen LogP contribution >= 0.6 is 0 Å². The van der Waals surface area contributed by atoms with E-state index in [-0.39, 0.29) is 5.91 Å². The molecule has 108 valence electrons. The molecule has 4 heteroatoms. The fourth-order valence-electron chi connectivity index (χ4n) is 3.50. The lowest BCUT2D eigenvalue weighted by Gasteiger charge is -2.27. The SMILES string of the molecule is CC1CC2CNCC2N1C(=O)CCOc1ccccc1. The molecule has 0 bridgehead atoms. The van der Waals surface area contributed by atoms with Crippen LogP contribution in [0.4, 0.5) is 0 Å². The quantitative estimate of drug-likeness (QED) is 0.908. The number of rotatable bonds is 4. The van der Waals surface area contributed by atoms with Gasteiger partial charge in [0.15, 0.2) is 0 Å². The average Bonchev–Trinajstić information content (AvgIpc) is 2.99. The fourth-order valence-corrected chi connectivity index (χ4v) is 3.50. The van der Waals surface area contributed by atoms with Gasteiger partial charge in [-0.3, -0.25) is 4.79 Å². The van der Waals surface area contributed by atoms with E-state index in [1.165, 1.54) is 0 Å². The lowest BCUT2D eigenvalue weighted by atomic mass is 10.0. The van der Waals surface area contributed by atoms with E-state index in [0.29, 0.717) is 31.0 Å². The first-order valence-corrected chi connectivity index (χ1v) is 7.45. The summed E-state index contributed by atoms with van der Waals surface area (Å²) >= 11 is 0. The Kier molecular flexibility index (Phi) is 3.92. The van der Waals surface area contributed by atoms with Gasteiger partial charge in [-0.15, -0.1) is 0 Å².